The first kappa shape index (κ1) is 13.9. The third-order valence-electron chi connectivity index (χ3n) is 3.10. The second kappa shape index (κ2) is 6.63. The lowest BCUT2D eigenvalue weighted by Crippen LogP contribution is -1.98. The van der Waals surface area contributed by atoms with Crippen LogP contribution < -0.4 is 5.43 Å². The van der Waals surface area contributed by atoms with Crippen LogP contribution in [0.1, 0.15) is 11.4 Å². The van der Waals surface area contributed by atoms with Crippen LogP contribution in [0.2, 0.25) is 0 Å². The second-order valence-electron chi connectivity index (χ2n) is 4.83. The summed E-state index contributed by atoms with van der Waals surface area (Å²) >= 11 is 0. The Balaban J connectivity index is 1.80. The van der Waals surface area contributed by atoms with E-state index in [4.69, 9.17) is 0 Å². The van der Waals surface area contributed by atoms with Crippen LogP contribution >= 0.6 is 0 Å². The van der Waals surface area contributed by atoms with Gasteiger partial charge in [0.2, 0.25) is 0 Å². The Morgan fingerprint density at radius 2 is 1.59 bits per heavy atom. The van der Waals surface area contributed by atoms with Crippen LogP contribution in [-0.2, 0) is 0 Å². The molecule has 0 aliphatic heterocycles. The van der Waals surface area contributed by atoms with Gasteiger partial charge in [0.15, 0.2) is 0 Å². The molecule has 0 spiro atoms. The number of rotatable bonds is 4. The quantitative estimate of drug-likeness (QED) is 0.585. The highest BCUT2D eigenvalue weighted by molar-refractivity contribution is 5.80. The summed E-state index contributed by atoms with van der Waals surface area (Å²) in [6.45, 7) is 1.87. The van der Waals surface area contributed by atoms with E-state index in [1.807, 2.05) is 73.7 Å². The highest BCUT2D eigenvalue weighted by Gasteiger charge is 2.03. The van der Waals surface area contributed by atoms with Gasteiger partial charge in [0.05, 0.1) is 11.9 Å². The summed E-state index contributed by atoms with van der Waals surface area (Å²) in [4.78, 5) is 8.82. The smallest absolute Gasteiger partial charge is 0.150 e. The van der Waals surface area contributed by atoms with E-state index < -0.39 is 0 Å². The largest absolute Gasteiger partial charge is 0.261 e. The fourth-order valence-corrected chi connectivity index (χ4v) is 2.09. The van der Waals surface area contributed by atoms with Crippen LogP contribution in [0.15, 0.2) is 71.8 Å². The molecule has 108 valence electrons. The zero-order valence-corrected chi connectivity index (χ0v) is 12.3. The predicted octanol–water partition coefficient (Wildman–Crippen LogP) is 3.90. The average molecular weight is 288 g/mol. The third kappa shape index (κ3) is 3.55. The summed E-state index contributed by atoms with van der Waals surface area (Å²) < 4.78 is 0. The zero-order valence-electron chi connectivity index (χ0n) is 12.3. The fourth-order valence-electron chi connectivity index (χ4n) is 2.09. The molecular formula is C18H16N4. The number of aryl methyl sites for hydroxylation is 1. The number of nitrogens with one attached hydrogen (secondary N) is 1. The molecule has 0 aliphatic rings. The van der Waals surface area contributed by atoms with E-state index in [-0.39, 0.29) is 0 Å². The topological polar surface area (TPSA) is 50.2 Å². The number of benzene rings is 2. The van der Waals surface area contributed by atoms with Gasteiger partial charge in [0.25, 0.3) is 0 Å². The van der Waals surface area contributed by atoms with Crippen molar-refractivity contribution >= 4 is 12.0 Å². The maximum atomic E-state index is 4.47. The third-order valence-corrected chi connectivity index (χ3v) is 3.10. The minimum atomic E-state index is 0.679. The predicted molar refractivity (Wildman–Crippen MR) is 89.9 cm³/mol. The summed E-state index contributed by atoms with van der Waals surface area (Å²) in [7, 11) is 0. The van der Waals surface area contributed by atoms with E-state index in [9.17, 15) is 0 Å². The second-order valence-corrected chi connectivity index (χ2v) is 4.83. The van der Waals surface area contributed by atoms with Crippen molar-refractivity contribution < 1.29 is 0 Å². The van der Waals surface area contributed by atoms with Crippen molar-refractivity contribution in [2.45, 2.75) is 6.92 Å². The molecule has 0 saturated heterocycles. The summed E-state index contributed by atoms with van der Waals surface area (Å²) in [5, 5.41) is 4.22. The first-order valence-electron chi connectivity index (χ1n) is 7.06. The molecule has 3 aromatic rings. The number of hydrogen-bond acceptors (Lipinski definition) is 4. The van der Waals surface area contributed by atoms with E-state index in [1.54, 1.807) is 6.21 Å². The standard InChI is InChI=1S/C18H16N4/c1-14-20-17(16-10-6-3-7-11-16)12-18(21-14)22-19-13-15-8-4-2-5-9-15/h2-13H,1H3,(H,20,21,22). The van der Waals surface area contributed by atoms with Crippen LogP contribution in [-0.4, -0.2) is 16.2 Å². The van der Waals surface area contributed by atoms with E-state index in [1.165, 1.54) is 0 Å². The number of anilines is 1. The number of hydrazone groups is 1. The Labute approximate surface area is 129 Å². The van der Waals surface area contributed by atoms with E-state index >= 15 is 0 Å². The highest BCUT2D eigenvalue weighted by atomic mass is 15.3. The molecule has 1 aromatic heterocycles. The molecule has 0 saturated carbocycles. The molecule has 3 rings (SSSR count). The van der Waals surface area contributed by atoms with Crippen molar-refractivity contribution in [3.05, 3.63) is 78.1 Å². The first-order valence-corrected chi connectivity index (χ1v) is 7.06. The molecule has 4 heteroatoms. The summed E-state index contributed by atoms with van der Waals surface area (Å²) in [5.74, 6) is 1.39. The van der Waals surface area contributed by atoms with Gasteiger partial charge in [-0.3, -0.25) is 5.43 Å². The van der Waals surface area contributed by atoms with Crippen LogP contribution in [0.4, 0.5) is 5.82 Å². The number of nitrogens with zero attached hydrogens (tertiary/aromatic N) is 3. The Bertz CT molecular complexity index is 768. The molecule has 2 aromatic carbocycles. The maximum absolute atomic E-state index is 4.47. The molecular weight excluding hydrogens is 272 g/mol. The van der Waals surface area contributed by atoms with Gasteiger partial charge < -0.3 is 0 Å². The van der Waals surface area contributed by atoms with Gasteiger partial charge in [0, 0.05) is 11.6 Å². The molecule has 1 heterocycles. The Morgan fingerprint density at radius 3 is 2.32 bits per heavy atom. The monoisotopic (exact) mass is 288 g/mol. The lowest BCUT2D eigenvalue weighted by atomic mass is 10.1. The summed E-state index contributed by atoms with van der Waals surface area (Å²) in [5.41, 5.74) is 5.93. The molecule has 0 fully saturated rings. The molecule has 0 bridgehead atoms. The van der Waals surface area contributed by atoms with E-state index in [2.05, 4.69) is 20.5 Å². The molecule has 4 nitrogen and oxygen atoms in total. The lowest BCUT2D eigenvalue weighted by Gasteiger charge is -2.05. The Hall–Kier alpha value is -3.01. The van der Waals surface area contributed by atoms with Gasteiger partial charge in [-0.15, -0.1) is 0 Å². The van der Waals surface area contributed by atoms with Crippen LogP contribution in [0.3, 0.4) is 0 Å². The molecule has 1 N–H and O–H groups in total. The van der Waals surface area contributed by atoms with Crippen molar-refractivity contribution in [2.75, 3.05) is 5.43 Å². The lowest BCUT2D eigenvalue weighted by molar-refractivity contribution is 1.05. The van der Waals surface area contributed by atoms with Gasteiger partial charge >= 0.3 is 0 Å². The van der Waals surface area contributed by atoms with Crippen molar-refractivity contribution in [2.24, 2.45) is 5.10 Å². The highest BCUT2D eigenvalue weighted by Crippen LogP contribution is 2.19. The van der Waals surface area contributed by atoms with Gasteiger partial charge in [-0.25, -0.2) is 9.97 Å². The zero-order chi connectivity index (χ0) is 15.2. The molecule has 22 heavy (non-hydrogen) atoms. The molecule has 0 aliphatic carbocycles. The minimum Gasteiger partial charge on any atom is -0.261 e. The Kier molecular flexibility index (Phi) is 4.20. The van der Waals surface area contributed by atoms with Gasteiger partial charge in [-0.2, -0.15) is 5.10 Å². The summed E-state index contributed by atoms with van der Waals surface area (Å²) in [6, 6.07) is 21.8. The van der Waals surface area contributed by atoms with Crippen molar-refractivity contribution in [3.63, 3.8) is 0 Å². The van der Waals surface area contributed by atoms with Crippen molar-refractivity contribution in [3.8, 4) is 11.3 Å². The number of aromatic nitrogens is 2. The van der Waals surface area contributed by atoms with Crippen molar-refractivity contribution in [1.82, 2.24) is 9.97 Å². The van der Waals surface area contributed by atoms with Crippen LogP contribution in [0.25, 0.3) is 11.3 Å². The SMILES string of the molecule is Cc1nc(NN=Cc2ccccc2)cc(-c2ccccc2)n1. The normalized spacial score (nSPS) is 10.8. The average Bonchev–Trinajstić information content (AvgIpc) is 2.56. The van der Waals surface area contributed by atoms with Crippen LogP contribution in [0.5, 0.6) is 0 Å². The maximum Gasteiger partial charge on any atom is 0.150 e. The van der Waals surface area contributed by atoms with E-state index in [0.717, 1.165) is 16.8 Å². The van der Waals surface area contributed by atoms with Gasteiger partial charge in [-0.05, 0) is 12.5 Å². The minimum absolute atomic E-state index is 0.679. The molecule has 0 atom stereocenters. The summed E-state index contributed by atoms with van der Waals surface area (Å²) in [6.07, 6.45) is 1.76. The molecule has 0 unspecified atom stereocenters. The van der Waals surface area contributed by atoms with E-state index in [0.29, 0.717) is 11.6 Å². The molecule has 0 amide bonds. The first-order chi connectivity index (χ1) is 10.8. The Morgan fingerprint density at radius 1 is 0.909 bits per heavy atom. The van der Waals surface area contributed by atoms with Crippen molar-refractivity contribution in [1.29, 1.82) is 0 Å². The van der Waals surface area contributed by atoms with Crippen LogP contribution in [0, 0.1) is 6.92 Å². The molecule has 0 radical (unpaired) electrons. The van der Waals surface area contributed by atoms with Gasteiger partial charge in [-0.1, -0.05) is 60.7 Å². The fraction of sp³-hybridized carbons (Fsp3) is 0.0556. The van der Waals surface area contributed by atoms with Gasteiger partial charge in [0.1, 0.15) is 11.6 Å². The number of hydrogen-bond donors (Lipinski definition) is 1.